The number of hydrogen-bond donors (Lipinski definition) is 1. The highest BCUT2D eigenvalue weighted by atomic mass is 16.6. The third kappa shape index (κ3) is 3.61. The van der Waals surface area contributed by atoms with Gasteiger partial charge < -0.3 is 19.1 Å². The van der Waals surface area contributed by atoms with E-state index in [1.54, 1.807) is 22.8 Å². The molecule has 7 nitrogen and oxygen atoms in total. The van der Waals surface area contributed by atoms with Crippen LogP contribution in [0.25, 0.3) is 10.9 Å². The smallest absolute Gasteiger partial charge is 0.308 e. The number of ether oxygens (including phenoxy) is 2. The molecule has 1 aromatic heterocycles. The fraction of sp³-hybridized carbons (Fsp3) is 0.125. The maximum absolute atomic E-state index is 12.6. The molecule has 0 fully saturated rings. The predicted octanol–water partition coefficient (Wildman–Crippen LogP) is 4.85. The summed E-state index contributed by atoms with van der Waals surface area (Å²) in [6, 6.07) is 24.4. The van der Waals surface area contributed by atoms with Gasteiger partial charge in [-0.15, -0.1) is 10.2 Å². The molecule has 0 bridgehead atoms. The van der Waals surface area contributed by atoms with Gasteiger partial charge in [0.1, 0.15) is 6.61 Å². The van der Waals surface area contributed by atoms with Gasteiger partial charge in [-0.2, -0.15) is 0 Å². The Morgan fingerprint density at radius 1 is 0.968 bits per heavy atom. The van der Waals surface area contributed by atoms with Gasteiger partial charge in [-0.25, -0.2) is 0 Å². The lowest BCUT2D eigenvalue weighted by molar-refractivity contribution is -0.127. The van der Waals surface area contributed by atoms with Crippen molar-refractivity contribution in [2.75, 3.05) is 6.61 Å². The summed E-state index contributed by atoms with van der Waals surface area (Å²) >= 11 is 0. The van der Waals surface area contributed by atoms with Crippen molar-refractivity contribution < 1.29 is 19.4 Å². The van der Waals surface area contributed by atoms with Crippen LogP contribution in [0.1, 0.15) is 5.56 Å². The largest absolute Gasteiger partial charge is 0.493 e. The van der Waals surface area contributed by atoms with Crippen molar-refractivity contribution in [1.29, 1.82) is 0 Å². The number of para-hydroxylation sites is 3. The minimum atomic E-state index is -0.890. The summed E-state index contributed by atoms with van der Waals surface area (Å²) in [4.78, 5) is 12.6. The molecule has 7 heteroatoms. The number of carbonyl (C=O) groups excluding carboxylic acids is 1. The second-order valence-corrected chi connectivity index (χ2v) is 7.16. The van der Waals surface area contributed by atoms with Crippen molar-refractivity contribution >= 4 is 22.5 Å². The third-order valence-corrected chi connectivity index (χ3v) is 5.13. The van der Waals surface area contributed by atoms with Crippen LogP contribution < -0.4 is 9.47 Å². The average Bonchev–Trinajstić information content (AvgIpc) is 3.08. The number of benzene rings is 3. The van der Waals surface area contributed by atoms with Crippen LogP contribution in [0.15, 0.2) is 89.1 Å². The lowest BCUT2D eigenvalue weighted by atomic mass is 10.2. The molecule has 5 rings (SSSR count). The number of nitrogens with zero attached hydrogens (tertiary/aromatic N) is 3. The molecule has 1 atom stereocenters. The molecule has 0 saturated carbocycles. The van der Waals surface area contributed by atoms with Crippen LogP contribution in [0.2, 0.25) is 0 Å². The first-order chi connectivity index (χ1) is 15.2. The van der Waals surface area contributed by atoms with Gasteiger partial charge in [-0.1, -0.05) is 60.7 Å². The number of fused-ring (bicyclic) bond motifs is 2. The molecule has 2 heterocycles. The Bertz CT molecular complexity index is 1280. The van der Waals surface area contributed by atoms with E-state index in [2.05, 4.69) is 10.2 Å². The first-order valence-electron chi connectivity index (χ1n) is 9.89. The minimum Gasteiger partial charge on any atom is -0.493 e. The van der Waals surface area contributed by atoms with Crippen LogP contribution in [-0.2, 0) is 11.3 Å². The molecule has 1 aliphatic heterocycles. The van der Waals surface area contributed by atoms with E-state index in [0.717, 1.165) is 11.1 Å². The second-order valence-electron chi connectivity index (χ2n) is 7.16. The fourth-order valence-corrected chi connectivity index (χ4v) is 3.60. The van der Waals surface area contributed by atoms with E-state index in [1.807, 2.05) is 60.7 Å². The number of aromatic nitrogens is 1. The molecular formula is C24H19N3O4. The topological polar surface area (TPSA) is 85.4 Å². The fourth-order valence-electron chi connectivity index (χ4n) is 3.60. The van der Waals surface area contributed by atoms with Crippen molar-refractivity contribution in [3.8, 4) is 17.4 Å². The molecule has 4 aromatic rings. The highest BCUT2D eigenvalue weighted by Crippen LogP contribution is 2.39. The molecule has 0 aliphatic carbocycles. The van der Waals surface area contributed by atoms with Crippen LogP contribution >= 0.6 is 0 Å². The molecule has 3 aromatic carbocycles. The molecular weight excluding hydrogens is 394 g/mol. The number of aromatic hydroxyl groups is 1. The summed E-state index contributed by atoms with van der Waals surface area (Å²) < 4.78 is 13.0. The number of rotatable bonds is 4. The van der Waals surface area contributed by atoms with E-state index >= 15 is 0 Å². The molecule has 154 valence electrons. The quantitative estimate of drug-likeness (QED) is 0.485. The summed E-state index contributed by atoms with van der Waals surface area (Å²) in [5.74, 6) is 0.455. The molecule has 0 saturated heterocycles. The molecule has 31 heavy (non-hydrogen) atoms. The lowest BCUT2D eigenvalue weighted by Gasteiger charge is -2.23. The summed E-state index contributed by atoms with van der Waals surface area (Å²) in [6.07, 6.45) is -0.890. The van der Waals surface area contributed by atoms with E-state index in [4.69, 9.17) is 9.47 Å². The SMILES string of the molecule is O=C(N=Nc1c(O)n(Cc2ccccc2)c2ccccc12)[C@H]1COc2ccccc2O1. The first kappa shape index (κ1) is 18.9. The average molecular weight is 413 g/mol. The van der Waals surface area contributed by atoms with E-state index in [1.165, 1.54) is 0 Å². The Balaban J connectivity index is 1.43. The van der Waals surface area contributed by atoms with Crippen LogP contribution in [0.3, 0.4) is 0 Å². The van der Waals surface area contributed by atoms with Crippen LogP contribution in [0, 0.1) is 0 Å². The molecule has 1 N–H and O–H groups in total. The Kier molecular flexibility index (Phi) is 4.84. The molecule has 0 spiro atoms. The van der Waals surface area contributed by atoms with E-state index in [0.29, 0.717) is 23.4 Å². The third-order valence-electron chi connectivity index (χ3n) is 5.13. The Morgan fingerprint density at radius 2 is 1.68 bits per heavy atom. The number of hydrogen-bond acceptors (Lipinski definition) is 5. The van der Waals surface area contributed by atoms with E-state index < -0.39 is 12.0 Å². The zero-order valence-corrected chi connectivity index (χ0v) is 16.5. The maximum Gasteiger partial charge on any atom is 0.308 e. The van der Waals surface area contributed by atoms with Gasteiger partial charge in [0, 0.05) is 5.39 Å². The van der Waals surface area contributed by atoms with Crippen molar-refractivity contribution in [2.24, 2.45) is 10.2 Å². The summed E-state index contributed by atoms with van der Waals surface area (Å²) in [6.45, 7) is 0.517. The van der Waals surface area contributed by atoms with Gasteiger partial charge in [-0.3, -0.25) is 4.79 Å². The van der Waals surface area contributed by atoms with Crippen molar-refractivity contribution in [3.05, 3.63) is 84.4 Å². The van der Waals surface area contributed by atoms with Crippen molar-refractivity contribution in [3.63, 3.8) is 0 Å². The predicted molar refractivity (Wildman–Crippen MR) is 115 cm³/mol. The monoisotopic (exact) mass is 413 g/mol. The minimum absolute atomic E-state index is 0.0484. The standard InChI is InChI=1S/C24H19N3O4/c28-23(21-15-30-19-12-6-7-13-20(19)31-21)26-25-22-17-10-4-5-11-18(17)27(24(22)29)14-16-8-2-1-3-9-16/h1-13,21,29H,14-15H2/t21-/m1/s1. The normalized spacial score (nSPS) is 15.4. The van der Waals surface area contributed by atoms with Gasteiger partial charge in [0.25, 0.3) is 0 Å². The van der Waals surface area contributed by atoms with Crippen molar-refractivity contribution in [1.82, 2.24) is 4.57 Å². The maximum atomic E-state index is 12.6. The van der Waals surface area contributed by atoms with E-state index in [-0.39, 0.29) is 18.2 Å². The number of amides is 1. The zero-order chi connectivity index (χ0) is 21.2. The van der Waals surface area contributed by atoms with Gasteiger partial charge in [-0.05, 0) is 23.8 Å². The highest BCUT2D eigenvalue weighted by molar-refractivity contribution is 5.95. The second kappa shape index (κ2) is 7.95. The van der Waals surface area contributed by atoms with Crippen LogP contribution in [-0.4, -0.2) is 28.3 Å². The molecule has 0 unspecified atom stereocenters. The summed E-state index contributed by atoms with van der Waals surface area (Å²) in [7, 11) is 0. The summed E-state index contributed by atoms with van der Waals surface area (Å²) in [5.41, 5.74) is 2.08. The number of carbonyl (C=O) groups is 1. The first-order valence-corrected chi connectivity index (χ1v) is 9.89. The van der Waals surface area contributed by atoms with Gasteiger partial charge in [0.2, 0.25) is 12.0 Å². The molecule has 0 radical (unpaired) electrons. The Morgan fingerprint density at radius 3 is 2.52 bits per heavy atom. The zero-order valence-electron chi connectivity index (χ0n) is 16.5. The van der Waals surface area contributed by atoms with Gasteiger partial charge >= 0.3 is 5.91 Å². The lowest BCUT2D eigenvalue weighted by Crippen LogP contribution is -2.35. The van der Waals surface area contributed by atoms with Crippen LogP contribution in [0.4, 0.5) is 5.69 Å². The van der Waals surface area contributed by atoms with Crippen LogP contribution in [0.5, 0.6) is 17.4 Å². The highest BCUT2D eigenvalue weighted by Gasteiger charge is 2.27. The van der Waals surface area contributed by atoms with E-state index in [9.17, 15) is 9.90 Å². The molecule has 1 aliphatic rings. The Labute approximate surface area is 178 Å². The number of azo groups is 1. The Hall–Kier alpha value is -4.13. The van der Waals surface area contributed by atoms with Crippen molar-refractivity contribution in [2.45, 2.75) is 12.6 Å². The van der Waals surface area contributed by atoms with Gasteiger partial charge in [0.15, 0.2) is 17.2 Å². The summed E-state index contributed by atoms with van der Waals surface area (Å²) in [5, 5.41) is 19.5. The molecule has 1 amide bonds. The van der Waals surface area contributed by atoms with Gasteiger partial charge in [0.05, 0.1) is 12.1 Å².